The lowest BCUT2D eigenvalue weighted by Gasteiger charge is -2.19. The van der Waals surface area contributed by atoms with E-state index in [2.05, 4.69) is 25.1 Å². The van der Waals surface area contributed by atoms with Crippen molar-refractivity contribution in [2.75, 3.05) is 0 Å². The number of ether oxygens (including phenoxy) is 1. The molecule has 1 aliphatic heterocycles. The van der Waals surface area contributed by atoms with Gasteiger partial charge in [0.1, 0.15) is 11.4 Å². The van der Waals surface area contributed by atoms with Crippen molar-refractivity contribution < 1.29 is 17.9 Å². The van der Waals surface area contributed by atoms with Gasteiger partial charge < -0.3 is 4.74 Å². The average Bonchev–Trinajstić information content (AvgIpc) is 3.42. The van der Waals surface area contributed by atoms with E-state index in [4.69, 9.17) is 28.3 Å². The zero-order valence-corrected chi connectivity index (χ0v) is 20.2. The molecule has 0 fully saturated rings. The minimum Gasteiger partial charge on any atom is -0.406 e. The van der Waals surface area contributed by atoms with Crippen LogP contribution in [0, 0.1) is 0 Å². The van der Waals surface area contributed by atoms with E-state index in [0.29, 0.717) is 33.1 Å². The van der Waals surface area contributed by atoms with Crippen LogP contribution in [-0.4, -0.2) is 42.4 Å². The molecule has 2 aromatic carbocycles. The molecule has 5 rings (SSSR count). The normalized spacial score (nSPS) is 15.6. The molecule has 1 N–H and O–H groups in total. The number of fused-ring (bicyclic) bond motifs is 1. The van der Waals surface area contributed by atoms with E-state index < -0.39 is 6.36 Å². The highest BCUT2D eigenvalue weighted by Gasteiger charge is 2.31. The summed E-state index contributed by atoms with van der Waals surface area (Å²) in [4.78, 5) is 0. The Kier molecular flexibility index (Phi) is 6.24. The SMILES string of the molecule is CC1Sc2nnc(-c3cc(Cc4ccc(OC(F)(F)F)cc4)[nH]n3)n2N=C1c1ccc(Cl)c(Cl)c1. The number of H-pyrrole nitrogens is 1. The Bertz CT molecular complexity index is 1420. The van der Waals surface area contributed by atoms with Crippen molar-refractivity contribution in [1.29, 1.82) is 0 Å². The summed E-state index contributed by atoms with van der Waals surface area (Å²) in [6, 6.07) is 12.8. The standard InChI is InChI=1S/C22H15Cl2F3N6OS/c1-11-19(13-4-7-16(23)17(24)9-13)32-33-20(30-31-21(33)35-11)18-10-14(28-29-18)8-12-2-5-15(6-3-12)34-22(25,26)27/h2-7,9-11H,8H2,1H3,(H,28,29). The Morgan fingerprint density at radius 3 is 2.54 bits per heavy atom. The summed E-state index contributed by atoms with van der Waals surface area (Å²) in [6.45, 7) is 2.02. The maximum atomic E-state index is 12.4. The third-order valence-electron chi connectivity index (χ3n) is 5.11. The van der Waals surface area contributed by atoms with Crippen LogP contribution < -0.4 is 4.74 Å². The number of hydrogen-bond donors (Lipinski definition) is 1. The lowest BCUT2D eigenvalue weighted by Crippen LogP contribution is -2.21. The topological polar surface area (TPSA) is 81.0 Å². The minimum absolute atomic E-state index is 0.0100. The summed E-state index contributed by atoms with van der Waals surface area (Å²) in [5.74, 6) is 0.178. The summed E-state index contributed by atoms with van der Waals surface area (Å²) >= 11 is 13.8. The number of nitrogens with one attached hydrogen (secondary N) is 1. The molecule has 4 aromatic rings. The van der Waals surface area contributed by atoms with Gasteiger partial charge in [0.15, 0.2) is 0 Å². The fourth-order valence-corrected chi connectivity index (χ4v) is 4.76. The summed E-state index contributed by atoms with van der Waals surface area (Å²) in [5.41, 5.74) is 3.68. The number of aromatic nitrogens is 5. The molecule has 0 radical (unpaired) electrons. The second-order valence-electron chi connectivity index (χ2n) is 7.64. The monoisotopic (exact) mass is 538 g/mol. The second kappa shape index (κ2) is 9.21. The first kappa shape index (κ1) is 23.7. The van der Waals surface area contributed by atoms with Gasteiger partial charge in [0.25, 0.3) is 0 Å². The van der Waals surface area contributed by atoms with Gasteiger partial charge in [0.2, 0.25) is 11.0 Å². The predicted molar refractivity (Wildman–Crippen MR) is 127 cm³/mol. The number of aromatic amines is 1. The van der Waals surface area contributed by atoms with Gasteiger partial charge in [-0.1, -0.05) is 53.2 Å². The Morgan fingerprint density at radius 2 is 1.83 bits per heavy atom. The first-order valence-corrected chi connectivity index (χ1v) is 11.9. The molecular weight excluding hydrogens is 524 g/mol. The van der Waals surface area contributed by atoms with Crippen molar-refractivity contribution in [2.24, 2.45) is 5.10 Å². The molecule has 13 heteroatoms. The Hall–Kier alpha value is -3.02. The van der Waals surface area contributed by atoms with Crippen molar-refractivity contribution in [2.45, 2.75) is 30.1 Å². The molecular formula is C22H15Cl2F3N6OS. The van der Waals surface area contributed by atoms with E-state index in [9.17, 15) is 13.2 Å². The van der Waals surface area contributed by atoms with Crippen molar-refractivity contribution in [3.05, 3.63) is 75.4 Å². The van der Waals surface area contributed by atoms with Gasteiger partial charge in [-0.2, -0.15) is 14.9 Å². The van der Waals surface area contributed by atoms with E-state index in [1.165, 1.54) is 23.9 Å². The first-order chi connectivity index (χ1) is 16.7. The van der Waals surface area contributed by atoms with Crippen LogP contribution in [0.3, 0.4) is 0 Å². The summed E-state index contributed by atoms with van der Waals surface area (Å²) in [7, 11) is 0. The number of nitrogens with zero attached hydrogens (tertiary/aromatic N) is 5. The lowest BCUT2D eigenvalue weighted by molar-refractivity contribution is -0.274. The molecule has 35 heavy (non-hydrogen) atoms. The Balaban J connectivity index is 1.39. The van der Waals surface area contributed by atoms with E-state index in [0.717, 1.165) is 22.5 Å². The number of benzene rings is 2. The minimum atomic E-state index is -4.73. The number of hydrogen-bond acceptors (Lipinski definition) is 6. The maximum Gasteiger partial charge on any atom is 0.573 e. The molecule has 2 aromatic heterocycles. The first-order valence-electron chi connectivity index (χ1n) is 10.2. The molecule has 180 valence electrons. The molecule has 1 aliphatic rings. The highest BCUT2D eigenvalue weighted by molar-refractivity contribution is 8.00. The van der Waals surface area contributed by atoms with Gasteiger partial charge in [-0.25, -0.2) is 0 Å². The maximum absolute atomic E-state index is 12.4. The van der Waals surface area contributed by atoms with E-state index >= 15 is 0 Å². The van der Waals surface area contributed by atoms with Gasteiger partial charge >= 0.3 is 6.36 Å². The molecule has 3 heterocycles. The molecule has 0 spiro atoms. The quantitative estimate of drug-likeness (QED) is 0.326. The third-order valence-corrected chi connectivity index (χ3v) is 6.90. The smallest absolute Gasteiger partial charge is 0.406 e. The van der Waals surface area contributed by atoms with Crippen LogP contribution in [0.25, 0.3) is 11.5 Å². The van der Waals surface area contributed by atoms with Crippen LogP contribution in [0.2, 0.25) is 10.0 Å². The number of alkyl halides is 3. The molecule has 7 nitrogen and oxygen atoms in total. The molecule has 0 aliphatic carbocycles. The molecule has 0 saturated carbocycles. The number of thioether (sulfide) groups is 1. The van der Waals surface area contributed by atoms with Gasteiger partial charge in [0.05, 0.1) is 21.0 Å². The van der Waals surface area contributed by atoms with Gasteiger partial charge in [0, 0.05) is 17.7 Å². The molecule has 0 bridgehead atoms. The molecule has 1 unspecified atom stereocenters. The zero-order valence-electron chi connectivity index (χ0n) is 17.8. The van der Waals surface area contributed by atoms with Crippen LogP contribution in [0.4, 0.5) is 13.2 Å². The third kappa shape index (κ3) is 5.16. The Morgan fingerprint density at radius 1 is 1.06 bits per heavy atom. The average molecular weight is 539 g/mol. The number of rotatable bonds is 5. The highest BCUT2D eigenvalue weighted by atomic mass is 35.5. The molecule has 0 amide bonds. The summed E-state index contributed by atoms with van der Waals surface area (Å²) in [6.07, 6.45) is -4.31. The second-order valence-corrected chi connectivity index (χ2v) is 9.76. The zero-order chi connectivity index (χ0) is 24.7. The van der Waals surface area contributed by atoms with E-state index in [1.54, 1.807) is 35.0 Å². The van der Waals surface area contributed by atoms with Crippen molar-refractivity contribution in [1.82, 2.24) is 25.1 Å². The fourth-order valence-electron chi connectivity index (χ4n) is 3.54. The van der Waals surface area contributed by atoms with Gasteiger partial charge in [-0.3, -0.25) is 5.10 Å². The summed E-state index contributed by atoms with van der Waals surface area (Å²) < 4.78 is 42.6. The van der Waals surface area contributed by atoms with Gasteiger partial charge in [-0.05, 0) is 42.8 Å². The predicted octanol–water partition coefficient (Wildman–Crippen LogP) is 6.21. The van der Waals surface area contributed by atoms with E-state index in [1.807, 2.05) is 13.0 Å². The van der Waals surface area contributed by atoms with E-state index in [-0.39, 0.29) is 11.0 Å². The van der Waals surface area contributed by atoms with Crippen molar-refractivity contribution in [3.63, 3.8) is 0 Å². The fraction of sp³-hybridized carbons (Fsp3) is 0.182. The van der Waals surface area contributed by atoms with Crippen LogP contribution in [0.1, 0.15) is 23.7 Å². The largest absolute Gasteiger partial charge is 0.573 e. The molecule has 1 atom stereocenters. The molecule has 0 saturated heterocycles. The van der Waals surface area contributed by atoms with Gasteiger partial charge in [-0.15, -0.1) is 23.4 Å². The Labute approximate surface area is 211 Å². The van der Waals surface area contributed by atoms with Crippen LogP contribution in [-0.2, 0) is 6.42 Å². The summed E-state index contributed by atoms with van der Waals surface area (Å²) in [5, 5.41) is 22.1. The number of halogens is 5. The lowest BCUT2D eigenvalue weighted by atomic mass is 10.1. The van der Waals surface area contributed by atoms with Crippen LogP contribution in [0.15, 0.2) is 58.8 Å². The van der Waals surface area contributed by atoms with Crippen LogP contribution >= 0.6 is 35.0 Å². The highest BCUT2D eigenvalue weighted by Crippen LogP contribution is 2.34. The van der Waals surface area contributed by atoms with Crippen molar-refractivity contribution in [3.8, 4) is 17.3 Å². The van der Waals surface area contributed by atoms with Crippen LogP contribution in [0.5, 0.6) is 5.75 Å². The van der Waals surface area contributed by atoms with Crippen molar-refractivity contribution >= 4 is 40.7 Å².